The number of aromatic nitrogens is 2. The maximum atomic E-state index is 12.4. The van der Waals surface area contributed by atoms with Gasteiger partial charge in [0, 0.05) is 19.7 Å². The highest BCUT2D eigenvalue weighted by atomic mass is 35.5. The molecule has 0 radical (unpaired) electrons. The van der Waals surface area contributed by atoms with Gasteiger partial charge in [-0.1, -0.05) is 25.4 Å². The van der Waals surface area contributed by atoms with Gasteiger partial charge in [-0.3, -0.25) is 4.79 Å². The Morgan fingerprint density at radius 3 is 2.53 bits per heavy atom. The molecule has 1 amide bonds. The smallest absolute Gasteiger partial charge is 0.274 e. The normalized spacial score (nSPS) is 10.8. The van der Waals surface area contributed by atoms with Crippen LogP contribution in [0.5, 0.6) is 0 Å². The molecule has 0 aliphatic carbocycles. The third-order valence-electron chi connectivity index (χ3n) is 3.03. The molecule has 0 unspecified atom stereocenters. The van der Waals surface area contributed by atoms with E-state index >= 15 is 0 Å². The quantitative estimate of drug-likeness (QED) is 0.772. The Labute approximate surface area is 118 Å². The molecule has 0 atom stereocenters. The molecule has 6 heteroatoms. The zero-order valence-corrected chi connectivity index (χ0v) is 12.4. The number of hydrogen-bond acceptors (Lipinski definition) is 4. The average molecular weight is 286 g/mol. The summed E-state index contributed by atoms with van der Waals surface area (Å²) in [5.74, 6) is -0.130. The van der Waals surface area contributed by atoms with Crippen LogP contribution in [0.25, 0.3) is 0 Å². The lowest BCUT2D eigenvalue weighted by molar-refractivity contribution is 0.0582. The van der Waals surface area contributed by atoms with Gasteiger partial charge < -0.3 is 9.64 Å². The van der Waals surface area contributed by atoms with Crippen LogP contribution in [0.4, 0.5) is 0 Å². The molecular weight excluding hydrogens is 266 g/mol. The van der Waals surface area contributed by atoms with Crippen molar-refractivity contribution in [1.82, 2.24) is 15.1 Å². The standard InChI is InChI=1S/C13H20ClN3O2/c1-4-10(5-2)17(8-9-19-3)13(18)11-6-7-12(14)16-15-11/h6-7,10H,4-5,8-9H2,1-3H3. The number of rotatable bonds is 7. The van der Waals surface area contributed by atoms with Crippen molar-refractivity contribution < 1.29 is 9.53 Å². The molecule has 0 spiro atoms. The first-order valence-corrected chi connectivity index (χ1v) is 6.80. The minimum absolute atomic E-state index is 0.130. The largest absolute Gasteiger partial charge is 0.383 e. The monoisotopic (exact) mass is 285 g/mol. The molecule has 19 heavy (non-hydrogen) atoms. The first kappa shape index (κ1) is 15.9. The predicted molar refractivity (Wildman–Crippen MR) is 74.3 cm³/mol. The topological polar surface area (TPSA) is 55.3 Å². The Bertz CT molecular complexity index is 393. The second kappa shape index (κ2) is 8.07. The predicted octanol–water partition coefficient (Wildman–Crippen LogP) is 2.41. The third-order valence-corrected chi connectivity index (χ3v) is 3.23. The minimum atomic E-state index is -0.130. The fourth-order valence-electron chi connectivity index (χ4n) is 1.95. The molecule has 106 valence electrons. The highest BCUT2D eigenvalue weighted by Gasteiger charge is 2.23. The zero-order chi connectivity index (χ0) is 14.3. The van der Waals surface area contributed by atoms with Gasteiger partial charge in [0.15, 0.2) is 10.8 Å². The Balaban J connectivity index is 2.89. The molecule has 0 aliphatic heterocycles. The molecule has 0 saturated heterocycles. The molecule has 1 aromatic heterocycles. The third kappa shape index (κ3) is 4.44. The first-order valence-electron chi connectivity index (χ1n) is 6.43. The van der Waals surface area contributed by atoms with Gasteiger partial charge >= 0.3 is 0 Å². The molecular formula is C13H20ClN3O2. The van der Waals surface area contributed by atoms with Gasteiger partial charge in [-0.25, -0.2) is 0 Å². The van der Waals surface area contributed by atoms with Crippen molar-refractivity contribution in [2.24, 2.45) is 0 Å². The highest BCUT2D eigenvalue weighted by Crippen LogP contribution is 2.13. The number of carbonyl (C=O) groups is 1. The molecule has 1 rings (SSSR count). The van der Waals surface area contributed by atoms with Gasteiger partial charge in [-0.05, 0) is 25.0 Å². The van der Waals surface area contributed by atoms with E-state index in [1.807, 2.05) is 0 Å². The van der Waals surface area contributed by atoms with E-state index in [0.717, 1.165) is 12.8 Å². The van der Waals surface area contributed by atoms with Crippen LogP contribution in [0.1, 0.15) is 37.2 Å². The number of nitrogens with zero attached hydrogens (tertiary/aromatic N) is 3. The van der Waals surface area contributed by atoms with Gasteiger partial charge in [0.1, 0.15) is 0 Å². The number of hydrogen-bond donors (Lipinski definition) is 0. The molecule has 0 N–H and O–H groups in total. The summed E-state index contributed by atoms with van der Waals surface area (Å²) in [4.78, 5) is 14.2. The van der Waals surface area contributed by atoms with E-state index in [9.17, 15) is 4.79 Å². The van der Waals surface area contributed by atoms with Crippen molar-refractivity contribution >= 4 is 17.5 Å². The Kier molecular flexibility index (Phi) is 6.73. The Hall–Kier alpha value is -1.20. The number of carbonyl (C=O) groups excluding carboxylic acids is 1. The molecule has 0 aliphatic rings. The van der Waals surface area contributed by atoms with Crippen LogP contribution in [0, 0.1) is 0 Å². The van der Waals surface area contributed by atoms with Gasteiger partial charge in [-0.15, -0.1) is 10.2 Å². The number of halogens is 1. The maximum absolute atomic E-state index is 12.4. The summed E-state index contributed by atoms with van der Waals surface area (Å²) in [6.45, 7) is 5.18. The molecule has 1 aromatic rings. The summed E-state index contributed by atoms with van der Waals surface area (Å²) in [6, 6.07) is 3.35. The van der Waals surface area contributed by atoms with Crippen LogP contribution >= 0.6 is 11.6 Å². The summed E-state index contributed by atoms with van der Waals surface area (Å²) in [5, 5.41) is 7.83. The van der Waals surface area contributed by atoms with Crippen molar-refractivity contribution in [3.8, 4) is 0 Å². The molecule has 5 nitrogen and oxygen atoms in total. The van der Waals surface area contributed by atoms with E-state index in [-0.39, 0.29) is 17.1 Å². The van der Waals surface area contributed by atoms with Crippen molar-refractivity contribution in [2.45, 2.75) is 32.7 Å². The second-order valence-electron chi connectivity index (χ2n) is 4.20. The van der Waals surface area contributed by atoms with E-state index in [0.29, 0.717) is 18.8 Å². The lowest BCUT2D eigenvalue weighted by atomic mass is 10.1. The first-order chi connectivity index (χ1) is 9.13. The Morgan fingerprint density at radius 2 is 2.05 bits per heavy atom. The van der Waals surface area contributed by atoms with Crippen LogP contribution in [0.2, 0.25) is 5.15 Å². The minimum Gasteiger partial charge on any atom is -0.383 e. The van der Waals surface area contributed by atoms with E-state index in [1.54, 1.807) is 24.1 Å². The van der Waals surface area contributed by atoms with Crippen molar-refractivity contribution in [3.05, 3.63) is 23.0 Å². The summed E-state index contributed by atoms with van der Waals surface area (Å²) in [6.07, 6.45) is 1.79. The molecule has 0 fully saturated rings. The maximum Gasteiger partial charge on any atom is 0.274 e. The van der Waals surface area contributed by atoms with E-state index < -0.39 is 0 Å². The average Bonchev–Trinajstić information content (AvgIpc) is 2.43. The van der Waals surface area contributed by atoms with E-state index in [2.05, 4.69) is 24.0 Å². The molecule has 0 aromatic carbocycles. The van der Waals surface area contributed by atoms with Crippen LogP contribution in [-0.4, -0.2) is 47.3 Å². The van der Waals surface area contributed by atoms with Crippen LogP contribution in [0.3, 0.4) is 0 Å². The number of amides is 1. The zero-order valence-electron chi connectivity index (χ0n) is 11.6. The van der Waals surface area contributed by atoms with Gasteiger partial charge in [-0.2, -0.15) is 0 Å². The lowest BCUT2D eigenvalue weighted by Crippen LogP contribution is -2.42. The van der Waals surface area contributed by atoms with Crippen LogP contribution in [0.15, 0.2) is 12.1 Å². The SMILES string of the molecule is CCC(CC)N(CCOC)C(=O)c1ccc(Cl)nn1. The number of methoxy groups -OCH3 is 1. The van der Waals surface area contributed by atoms with Crippen molar-refractivity contribution in [1.29, 1.82) is 0 Å². The fourth-order valence-corrected chi connectivity index (χ4v) is 2.05. The van der Waals surface area contributed by atoms with Crippen LogP contribution in [-0.2, 0) is 4.74 Å². The molecule has 0 saturated carbocycles. The summed E-state index contributed by atoms with van der Waals surface area (Å²) in [5.41, 5.74) is 0.312. The summed E-state index contributed by atoms with van der Waals surface area (Å²) < 4.78 is 5.07. The van der Waals surface area contributed by atoms with Crippen molar-refractivity contribution in [2.75, 3.05) is 20.3 Å². The van der Waals surface area contributed by atoms with Crippen LogP contribution < -0.4 is 0 Å². The van der Waals surface area contributed by atoms with Crippen molar-refractivity contribution in [3.63, 3.8) is 0 Å². The summed E-state index contributed by atoms with van der Waals surface area (Å²) in [7, 11) is 1.62. The number of ether oxygens (including phenoxy) is 1. The van der Waals surface area contributed by atoms with Gasteiger partial charge in [0.2, 0.25) is 0 Å². The van der Waals surface area contributed by atoms with Gasteiger partial charge in [0.05, 0.1) is 6.61 Å². The second-order valence-corrected chi connectivity index (χ2v) is 4.59. The molecule has 1 heterocycles. The van der Waals surface area contributed by atoms with Gasteiger partial charge in [0.25, 0.3) is 5.91 Å². The summed E-state index contributed by atoms with van der Waals surface area (Å²) >= 11 is 5.68. The fraction of sp³-hybridized carbons (Fsp3) is 0.615. The van der Waals surface area contributed by atoms with E-state index in [4.69, 9.17) is 16.3 Å². The molecule has 0 bridgehead atoms. The highest BCUT2D eigenvalue weighted by molar-refractivity contribution is 6.29. The lowest BCUT2D eigenvalue weighted by Gasteiger charge is -2.30. The Morgan fingerprint density at radius 1 is 1.37 bits per heavy atom. The van der Waals surface area contributed by atoms with E-state index in [1.165, 1.54) is 0 Å².